The van der Waals surface area contributed by atoms with E-state index in [4.69, 9.17) is 9.47 Å². The first kappa shape index (κ1) is 32.1. The molecule has 0 aliphatic rings. The van der Waals surface area contributed by atoms with Crippen molar-refractivity contribution in [1.29, 1.82) is 0 Å². The molecule has 43 heavy (non-hydrogen) atoms. The SMILES string of the molecule is CCOC(=O)C(CC#Cc1ccccc1)(CC#Cc1ccccc1/C=[N+](\[O-])[C@@H](C)c1ccc([N+](=O)[O-])cc1)C(=O)OCC. The van der Waals surface area contributed by atoms with Crippen LogP contribution >= 0.6 is 0 Å². The molecule has 1 atom stereocenters. The van der Waals surface area contributed by atoms with Crippen molar-refractivity contribution < 1.29 is 28.7 Å². The molecule has 0 saturated carbocycles. The van der Waals surface area contributed by atoms with Crippen LogP contribution in [0.5, 0.6) is 0 Å². The van der Waals surface area contributed by atoms with Crippen LogP contribution in [0.3, 0.4) is 0 Å². The fourth-order valence-electron chi connectivity index (χ4n) is 4.08. The molecule has 0 unspecified atom stereocenters. The van der Waals surface area contributed by atoms with Gasteiger partial charge in [0.25, 0.3) is 5.69 Å². The highest BCUT2D eigenvalue weighted by Gasteiger charge is 2.48. The molecule has 9 heteroatoms. The van der Waals surface area contributed by atoms with E-state index in [2.05, 4.69) is 23.7 Å². The summed E-state index contributed by atoms with van der Waals surface area (Å²) < 4.78 is 11.3. The summed E-state index contributed by atoms with van der Waals surface area (Å²) in [6.07, 6.45) is 0.997. The van der Waals surface area contributed by atoms with Gasteiger partial charge in [-0.1, -0.05) is 54.0 Å². The Hall–Kier alpha value is -5.41. The molecule has 0 N–H and O–H groups in total. The van der Waals surface area contributed by atoms with E-state index in [-0.39, 0.29) is 31.7 Å². The van der Waals surface area contributed by atoms with Crippen LogP contribution in [0.2, 0.25) is 0 Å². The van der Waals surface area contributed by atoms with Crippen molar-refractivity contribution in [3.05, 3.63) is 116 Å². The summed E-state index contributed by atoms with van der Waals surface area (Å²) in [4.78, 5) is 36.8. The molecule has 220 valence electrons. The molecule has 3 aromatic carbocycles. The first-order valence-corrected chi connectivity index (χ1v) is 13.7. The number of hydrogen-bond donors (Lipinski definition) is 0. The van der Waals surface area contributed by atoms with E-state index < -0.39 is 28.3 Å². The zero-order chi connectivity index (χ0) is 31.2. The van der Waals surface area contributed by atoms with Crippen LogP contribution in [-0.2, 0) is 19.1 Å². The topological polar surface area (TPSA) is 122 Å². The zero-order valence-corrected chi connectivity index (χ0v) is 24.2. The van der Waals surface area contributed by atoms with Crippen LogP contribution in [-0.4, -0.2) is 41.0 Å². The van der Waals surface area contributed by atoms with E-state index >= 15 is 0 Å². The number of nitro benzene ring substituents is 1. The fraction of sp³-hybridized carbons (Fsp3) is 0.265. The maximum atomic E-state index is 13.2. The first-order chi connectivity index (χ1) is 20.7. The summed E-state index contributed by atoms with van der Waals surface area (Å²) in [5.74, 6) is 10.3. The van der Waals surface area contributed by atoms with Crippen LogP contribution in [0.1, 0.15) is 61.9 Å². The van der Waals surface area contributed by atoms with Gasteiger partial charge in [0.05, 0.1) is 23.7 Å². The highest BCUT2D eigenvalue weighted by atomic mass is 16.6. The summed E-state index contributed by atoms with van der Waals surface area (Å²) in [5, 5.41) is 24.0. The Labute approximate surface area is 250 Å². The van der Waals surface area contributed by atoms with Gasteiger partial charge >= 0.3 is 11.9 Å². The largest absolute Gasteiger partial charge is 0.623 e. The average Bonchev–Trinajstić information content (AvgIpc) is 3.01. The Morgan fingerprint density at radius 3 is 1.98 bits per heavy atom. The molecule has 9 nitrogen and oxygen atoms in total. The van der Waals surface area contributed by atoms with Gasteiger partial charge in [0.1, 0.15) is 0 Å². The third-order valence-corrected chi connectivity index (χ3v) is 6.54. The fourth-order valence-corrected chi connectivity index (χ4v) is 4.08. The minimum Gasteiger partial charge on any atom is -0.623 e. The number of hydrogen-bond acceptors (Lipinski definition) is 7. The maximum Gasteiger partial charge on any atom is 0.325 e. The normalized spacial score (nSPS) is 11.7. The molecule has 0 aromatic heterocycles. The van der Waals surface area contributed by atoms with Crippen molar-refractivity contribution in [2.45, 2.75) is 39.7 Å². The summed E-state index contributed by atoms with van der Waals surface area (Å²) in [7, 11) is 0. The van der Waals surface area contributed by atoms with Gasteiger partial charge in [0, 0.05) is 48.6 Å². The number of rotatable bonds is 10. The summed E-state index contributed by atoms with van der Waals surface area (Å²) in [5.41, 5.74) is 0.507. The minimum atomic E-state index is -1.77. The van der Waals surface area contributed by atoms with Crippen molar-refractivity contribution in [3.8, 4) is 23.7 Å². The highest BCUT2D eigenvalue weighted by Crippen LogP contribution is 2.30. The molecule has 0 spiro atoms. The predicted octanol–water partition coefficient (Wildman–Crippen LogP) is 5.58. The molecule has 0 aliphatic carbocycles. The van der Waals surface area contributed by atoms with E-state index in [0.717, 1.165) is 10.3 Å². The predicted molar refractivity (Wildman–Crippen MR) is 162 cm³/mol. The summed E-state index contributed by atoms with van der Waals surface area (Å²) >= 11 is 0. The van der Waals surface area contributed by atoms with Gasteiger partial charge in [-0.05, 0) is 50.2 Å². The van der Waals surface area contributed by atoms with E-state index in [1.54, 1.807) is 45.0 Å². The number of carbonyl (C=O) groups excluding carboxylic acids is 2. The quantitative estimate of drug-likeness (QED) is 0.0448. The first-order valence-electron chi connectivity index (χ1n) is 13.7. The molecule has 3 rings (SSSR count). The van der Waals surface area contributed by atoms with Crippen molar-refractivity contribution in [3.63, 3.8) is 0 Å². The molecule has 0 aliphatic heterocycles. The summed E-state index contributed by atoms with van der Waals surface area (Å²) in [6, 6.07) is 21.3. The lowest BCUT2D eigenvalue weighted by Crippen LogP contribution is -2.41. The lowest BCUT2D eigenvalue weighted by molar-refractivity contribution is -0.498. The van der Waals surface area contributed by atoms with Gasteiger partial charge in [-0.2, -0.15) is 0 Å². The number of nitro groups is 1. The van der Waals surface area contributed by atoms with Gasteiger partial charge in [-0.15, -0.1) is 0 Å². The average molecular weight is 581 g/mol. The monoisotopic (exact) mass is 580 g/mol. The van der Waals surface area contributed by atoms with E-state index in [9.17, 15) is 24.9 Å². The van der Waals surface area contributed by atoms with E-state index in [1.165, 1.54) is 30.5 Å². The van der Waals surface area contributed by atoms with Gasteiger partial charge in [-0.3, -0.25) is 19.7 Å². The van der Waals surface area contributed by atoms with Crippen LogP contribution in [0.15, 0.2) is 78.9 Å². The number of esters is 2. The number of nitrogens with zero attached hydrogens (tertiary/aromatic N) is 2. The Balaban J connectivity index is 1.94. The standard InChI is InChI=1S/C34H32N2O7/c1-4-42-32(37)34(33(38)43-5-2,23-11-15-27-13-7-6-8-14-27)24-12-18-29-16-9-10-17-30(29)25-35(39)26(3)28-19-21-31(22-20-28)36(40)41/h6-10,13-14,16-17,19-22,25-26H,4-5,23-24H2,1-3H3/b35-25-/t26-/m0/s1. The minimum absolute atomic E-state index is 0.0591. The second-order valence-electron chi connectivity index (χ2n) is 9.45. The van der Waals surface area contributed by atoms with Gasteiger partial charge in [0.15, 0.2) is 17.7 Å². The van der Waals surface area contributed by atoms with Crippen LogP contribution in [0.4, 0.5) is 5.69 Å². The lowest BCUT2D eigenvalue weighted by atomic mass is 9.81. The highest BCUT2D eigenvalue weighted by molar-refractivity contribution is 6.01. The molecule has 0 bridgehead atoms. The molecule has 0 amide bonds. The molecular formula is C34H32N2O7. The number of carbonyl (C=O) groups is 2. The van der Waals surface area contributed by atoms with Gasteiger partial charge in [-0.25, -0.2) is 4.74 Å². The molecule has 0 radical (unpaired) electrons. The Morgan fingerprint density at radius 1 is 0.837 bits per heavy atom. The molecule has 0 saturated heterocycles. The number of benzene rings is 3. The molecule has 0 fully saturated rings. The van der Waals surface area contributed by atoms with Crippen LogP contribution in [0.25, 0.3) is 0 Å². The third kappa shape index (κ3) is 8.54. The Bertz CT molecular complexity index is 1570. The summed E-state index contributed by atoms with van der Waals surface area (Å²) in [6.45, 7) is 5.09. The molecule has 0 heterocycles. The number of hydroxylamine groups is 1. The third-order valence-electron chi connectivity index (χ3n) is 6.54. The van der Waals surface area contributed by atoms with Crippen molar-refractivity contribution in [2.24, 2.45) is 5.41 Å². The zero-order valence-electron chi connectivity index (χ0n) is 24.2. The van der Waals surface area contributed by atoms with Crippen LogP contribution < -0.4 is 0 Å². The maximum absolute atomic E-state index is 13.2. The van der Waals surface area contributed by atoms with E-state index in [1.807, 2.05) is 30.3 Å². The smallest absolute Gasteiger partial charge is 0.325 e. The molecule has 3 aromatic rings. The Kier molecular flexibility index (Phi) is 11.6. The Morgan fingerprint density at radius 2 is 1.40 bits per heavy atom. The van der Waals surface area contributed by atoms with E-state index in [0.29, 0.717) is 16.7 Å². The second kappa shape index (κ2) is 15.6. The van der Waals surface area contributed by atoms with Crippen molar-refractivity contribution in [1.82, 2.24) is 0 Å². The van der Waals surface area contributed by atoms with Crippen molar-refractivity contribution in [2.75, 3.05) is 13.2 Å². The van der Waals surface area contributed by atoms with Gasteiger partial charge in [0.2, 0.25) is 0 Å². The number of ether oxygens (including phenoxy) is 2. The van der Waals surface area contributed by atoms with Crippen molar-refractivity contribution >= 4 is 23.8 Å². The lowest BCUT2D eigenvalue weighted by Gasteiger charge is -2.25. The van der Waals surface area contributed by atoms with Gasteiger partial charge < -0.3 is 14.7 Å². The number of non-ortho nitro benzene ring substituents is 1. The van der Waals surface area contributed by atoms with Crippen LogP contribution in [0, 0.1) is 44.4 Å². The molecular weight excluding hydrogens is 548 g/mol. The second-order valence-corrected chi connectivity index (χ2v) is 9.45.